The van der Waals surface area contributed by atoms with Crippen molar-refractivity contribution in [2.75, 3.05) is 31.4 Å². The van der Waals surface area contributed by atoms with Crippen LogP contribution >= 0.6 is 0 Å². The Morgan fingerprint density at radius 1 is 1.20 bits per heavy atom. The Balaban J connectivity index is 2.67. The summed E-state index contributed by atoms with van der Waals surface area (Å²) in [4.78, 5) is 6.40. The average molecular weight is 201 g/mol. The van der Waals surface area contributed by atoms with Crippen molar-refractivity contribution in [2.24, 2.45) is 0 Å². The summed E-state index contributed by atoms with van der Waals surface area (Å²) in [5, 5.41) is 5.52. The van der Waals surface area contributed by atoms with E-state index in [1.54, 1.807) is 0 Å². The zero-order valence-electron chi connectivity index (χ0n) is 9.28. The molecule has 0 radical (unpaired) electrons. The van der Waals surface area contributed by atoms with Gasteiger partial charge in [-0.25, -0.2) is 4.98 Å². The molecule has 0 saturated carbocycles. The lowest BCUT2D eigenvalue weighted by molar-refractivity contribution is 1.08. The van der Waals surface area contributed by atoms with E-state index >= 15 is 0 Å². The van der Waals surface area contributed by atoms with Crippen molar-refractivity contribution in [2.45, 2.75) is 0 Å². The second-order valence-corrected chi connectivity index (χ2v) is 3.71. The van der Waals surface area contributed by atoms with Gasteiger partial charge in [-0.1, -0.05) is 0 Å². The molecule has 0 aliphatic carbocycles. The number of fused-ring (bicyclic) bond motifs is 1. The third-order valence-corrected chi connectivity index (χ3v) is 2.46. The van der Waals surface area contributed by atoms with Crippen LogP contribution in [0.3, 0.4) is 0 Å². The van der Waals surface area contributed by atoms with Gasteiger partial charge in [0.05, 0.1) is 0 Å². The second-order valence-electron chi connectivity index (χ2n) is 3.71. The van der Waals surface area contributed by atoms with Crippen LogP contribution < -0.4 is 10.2 Å². The quantitative estimate of drug-likeness (QED) is 0.808. The summed E-state index contributed by atoms with van der Waals surface area (Å²) in [5.41, 5.74) is 1.12. The van der Waals surface area contributed by atoms with E-state index in [1.807, 2.05) is 38.3 Å². The van der Waals surface area contributed by atoms with E-state index in [2.05, 4.69) is 28.5 Å². The first-order valence-corrected chi connectivity index (χ1v) is 4.96. The number of pyridine rings is 1. The first kappa shape index (κ1) is 9.77. The fourth-order valence-corrected chi connectivity index (χ4v) is 1.67. The summed E-state index contributed by atoms with van der Waals surface area (Å²) in [6, 6.07) is 8.33. The van der Waals surface area contributed by atoms with Crippen LogP contribution in [0.5, 0.6) is 0 Å². The van der Waals surface area contributed by atoms with Crippen LogP contribution in [0.15, 0.2) is 30.5 Å². The first-order valence-electron chi connectivity index (χ1n) is 4.96. The second kappa shape index (κ2) is 3.77. The third-order valence-electron chi connectivity index (χ3n) is 2.46. The van der Waals surface area contributed by atoms with E-state index in [0.717, 1.165) is 11.5 Å². The molecule has 1 aromatic heterocycles. The van der Waals surface area contributed by atoms with Crippen LogP contribution in [0.25, 0.3) is 10.8 Å². The number of aromatic nitrogens is 1. The standard InChI is InChI=1S/C12H15N3/c1-13-10-4-5-11-9(8-10)6-7-14-12(11)15(2)3/h4-8,13H,1-3H3. The van der Waals surface area contributed by atoms with Crippen molar-refractivity contribution < 1.29 is 0 Å². The molecule has 78 valence electrons. The van der Waals surface area contributed by atoms with E-state index < -0.39 is 0 Å². The highest BCUT2D eigenvalue weighted by atomic mass is 15.1. The molecule has 0 amide bonds. The van der Waals surface area contributed by atoms with Gasteiger partial charge in [-0.3, -0.25) is 0 Å². The normalized spacial score (nSPS) is 10.3. The minimum absolute atomic E-state index is 1.01. The highest BCUT2D eigenvalue weighted by molar-refractivity contribution is 5.93. The van der Waals surface area contributed by atoms with Gasteiger partial charge in [-0.15, -0.1) is 0 Å². The molecule has 3 nitrogen and oxygen atoms in total. The number of nitrogens with one attached hydrogen (secondary N) is 1. The highest BCUT2D eigenvalue weighted by Gasteiger charge is 2.03. The number of hydrogen-bond donors (Lipinski definition) is 1. The molecule has 0 aliphatic rings. The first-order chi connectivity index (χ1) is 7.22. The van der Waals surface area contributed by atoms with Gasteiger partial charge in [0.15, 0.2) is 0 Å². The molecule has 0 spiro atoms. The van der Waals surface area contributed by atoms with Crippen molar-refractivity contribution in [1.82, 2.24) is 4.98 Å². The van der Waals surface area contributed by atoms with E-state index in [9.17, 15) is 0 Å². The molecular formula is C12H15N3. The predicted octanol–water partition coefficient (Wildman–Crippen LogP) is 2.34. The Kier molecular flexibility index (Phi) is 2.46. The summed E-state index contributed by atoms with van der Waals surface area (Å²) >= 11 is 0. The Labute approximate surface area is 89.7 Å². The summed E-state index contributed by atoms with van der Waals surface area (Å²) in [7, 11) is 5.94. The van der Waals surface area contributed by atoms with Crippen LogP contribution in [-0.2, 0) is 0 Å². The van der Waals surface area contributed by atoms with Gasteiger partial charge in [0.1, 0.15) is 5.82 Å². The van der Waals surface area contributed by atoms with E-state index in [-0.39, 0.29) is 0 Å². The zero-order valence-corrected chi connectivity index (χ0v) is 9.28. The summed E-state index contributed by atoms with van der Waals surface area (Å²) in [6.45, 7) is 0. The Hall–Kier alpha value is -1.77. The number of nitrogens with zero attached hydrogens (tertiary/aromatic N) is 2. The molecule has 2 rings (SSSR count). The molecule has 1 N–H and O–H groups in total. The summed E-state index contributed by atoms with van der Waals surface area (Å²) in [5.74, 6) is 1.01. The lowest BCUT2D eigenvalue weighted by Gasteiger charge is -2.14. The molecule has 3 heteroatoms. The van der Waals surface area contributed by atoms with Gasteiger partial charge in [-0.05, 0) is 29.7 Å². The maximum Gasteiger partial charge on any atom is 0.135 e. The number of anilines is 2. The average Bonchev–Trinajstić information content (AvgIpc) is 2.27. The van der Waals surface area contributed by atoms with Crippen LogP contribution in [0.4, 0.5) is 11.5 Å². The number of rotatable bonds is 2. The largest absolute Gasteiger partial charge is 0.388 e. The van der Waals surface area contributed by atoms with Crippen molar-refractivity contribution in [3.63, 3.8) is 0 Å². The fraction of sp³-hybridized carbons (Fsp3) is 0.250. The van der Waals surface area contributed by atoms with Crippen molar-refractivity contribution >= 4 is 22.3 Å². The van der Waals surface area contributed by atoms with E-state index in [4.69, 9.17) is 0 Å². The number of hydrogen-bond acceptors (Lipinski definition) is 3. The van der Waals surface area contributed by atoms with Crippen molar-refractivity contribution in [3.8, 4) is 0 Å². The van der Waals surface area contributed by atoms with Gasteiger partial charge < -0.3 is 10.2 Å². The fourth-order valence-electron chi connectivity index (χ4n) is 1.67. The summed E-state index contributed by atoms with van der Waals surface area (Å²) in [6.07, 6.45) is 1.84. The lowest BCUT2D eigenvalue weighted by atomic mass is 10.1. The molecule has 0 aliphatic heterocycles. The maximum atomic E-state index is 4.37. The van der Waals surface area contributed by atoms with Crippen LogP contribution in [0, 0.1) is 0 Å². The Bertz CT molecular complexity index is 477. The maximum absolute atomic E-state index is 4.37. The molecule has 15 heavy (non-hydrogen) atoms. The Morgan fingerprint density at radius 3 is 2.67 bits per heavy atom. The summed E-state index contributed by atoms with van der Waals surface area (Å²) < 4.78 is 0. The molecule has 1 heterocycles. The van der Waals surface area contributed by atoms with E-state index in [1.165, 1.54) is 10.8 Å². The minimum atomic E-state index is 1.01. The molecule has 0 saturated heterocycles. The van der Waals surface area contributed by atoms with Gasteiger partial charge in [0.25, 0.3) is 0 Å². The van der Waals surface area contributed by atoms with Crippen LogP contribution in [0.2, 0.25) is 0 Å². The van der Waals surface area contributed by atoms with Crippen molar-refractivity contribution in [3.05, 3.63) is 30.5 Å². The smallest absolute Gasteiger partial charge is 0.135 e. The van der Waals surface area contributed by atoms with Gasteiger partial charge in [-0.2, -0.15) is 0 Å². The highest BCUT2D eigenvalue weighted by Crippen LogP contribution is 2.25. The van der Waals surface area contributed by atoms with Gasteiger partial charge >= 0.3 is 0 Å². The predicted molar refractivity (Wildman–Crippen MR) is 65.6 cm³/mol. The molecule has 1 aromatic carbocycles. The monoisotopic (exact) mass is 201 g/mol. The van der Waals surface area contributed by atoms with Crippen molar-refractivity contribution in [1.29, 1.82) is 0 Å². The molecule has 0 bridgehead atoms. The number of benzene rings is 1. The lowest BCUT2D eigenvalue weighted by Crippen LogP contribution is -2.10. The van der Waals surface area contributed by atoms with Gasteiger partial charge in [0, 0.05) is 38.4 Å². The molecule has 0 fully saturated rings. The molecule has 2 aromatic rings. The van der Waals surface area contributed by atoms with Crippen LogP contribution in [-0.4, -0.2) is 26.1 Å². The SMILES string of the molecule is CNc1ccc2c(N(C)C)nccc2c1. The Morgan fingerprint density at radius 2 is 2.00 bits per heavy atom. The molecule has 0 unspecified atom stereocenters. The van der Waals surface area contributed by atoms with Gasteiger partial charge in [0.2, 0.25) is 0 Å². The topological polar surface area (TPSA) is 28.2 Å². The van der Waals surface area contributed by atoms with Crippen LogP contribution in [0.1, 0.15) is 0 Å². The molecular weight excluding hydrogens is 186 g/mol. The molecule has 0 atom stereocenters. The zero-order chi connectivity index (χ0) is 10.8. The van der Waals surface area contributed by atoms with E-state index in [0.29, 0.717) is 0 Å². The third kappa shape index (κ3) is 1.73. The minimum Gasteiger partial charge on any atom is -0.388 e.